The van der Waals surface area contributed by atoms with Crippen molar-refractivity contribution in [3.63, 3.8) is 0 Å². The lowest BCUT2D eigenvalue weighted by Crippen LogP contribution is -2.26. The van der Waals surface area contributed by atoms with E-state index in [2.05, 4.69) is 0 Å². The Morgan fingerprint density at radius 2 is 2.11 bits per heavy atom. The molecule has 0 spiro atoms. The van der Waals surface area contributed by atoms with Crippen molar-refractivity contribution < 1.29 is 19.0 Å². The fourth-order valence-corrected chi connectivity index (χ4v) is 1.44. The second kappa shape index (κ2) is 8.31. The van der Waals surface area contributed by atoms with Crippen LogP contribution in [0.25, 0.3) is 0 Å². The van der Waals surface area contributed by atoms with Crippen LogP contribution in [0.2, 0.25) is 0 Å². The van der Waals surface area contributed by atoms with Crippen molar-refractivity contribution in [1.82, 2.24) is 4.57 Å². The molecule has 0 N–H and O–H groups in total. The van der Waals surface area contributed by atoms with E-state index in [0.29, 0.717) is 13.2 Å². The van der Waals surface area contributed by atoms with Crippen LogP contribution < -0.4 is 10.3 Å². The molecule has 6 nitrogen and oxygen atoms in total. The number of methoxy groups -OCH3 is 1. The van der Waals surface area contributed by atoms with E-state index in [1.165, 1.54) is 17.9 Å². The van der Waals surface area contributed by atoms with E-state index >= 15 is 0 Å². The molecular formula is C13H19NO5. The third-order valence-electron chi connectivity index (χ3n) is 2.34. The normalized spacial score (nSPS) is 10.2. The van der Waals surface area contributed by atoms with Crippen molar-refractivity contribution >= 4 is 5.97 Å². The Balaban J connectivity index is 2.42. The maximum absolute atomic E-state index is 11.8. The highest BCUT2D eigenvalue weighted by atomic mass is 16.6. The van der Waals surface area contributed by atoms with Crippen LogP contribution in [-0.4, -0.2) is 37.5 Å². The van der Waals surface area contributed by atoms with Crippen LogP contribution in [0.3, 0.4) is 0 Å². The molecule has 0 bridgehead atoms. The Hall–Kier alpha value is -1.82. The number of ether oxygens (including phenoxy) is 3. The van der Waals surface area contributed by atoms with Crippen molar-refractivity contribution in [3.05, 3.63) is 28.7 Å². The fourth-order valence-electron chi connectivity index (χ4n) is 1.44. The van der Waals surface area contributed by atoms with Crippen LogP contribution in [0, 0.1) is 0 Å². The number of carbonyl (C=O) groups excluding carboxylic acids is 1. The summed E-state index contributed by atoms with van der Waals surface area (Å²) in [6.45, 7) is 3.07. The van der Waals surface area contributed by atoms with Gasteiger partial charge in [-0.3, -0.25) is 9.59 Å². The SMILES string of the molecule is CCCOCCOC(=O)Cn1cccc(OC)c1=O. The van der Waals surface area contributed by atoms with Crippen molar-refractivity contribution in [1.29, 1.82) is 0 Å². The van der Waals surface area contributed by atoms with Gasteiger partial charge < -0.3 is 18.8 Å². The van der Waals surface area contributed by atoms with Crippen LogP contribution in [0.5, 0.6) is 5.75 Å². The largest absolute Gasteiger partial charge is 0.491 e. The number of aromatic nitrogens is 1. The Labute approximate surface area is 111 Å². The van der Waals surface area contributed by atoms with E-state index in [9.17, 15) is 9.59 Å². The van der Waals surface area contributed by atoms with Crippen molar-refractivity contribution in [2.75, 3.05) is 26.9 Å². The van der Waals surface area contributed by atoms with Gasteiger partial charge in [-0.05, 0) is 18.6 Å². The first-order valence-electron chi connectivity index (χ1n) is 6.15. The first kappa shape index (κ1) is 15.2. The summed E-state index contributed by atoms with van der Waals surface area (Å²) in [5, 5.41) is 0. The molecule has 1 aromatic heterocycles. The Morgan fingerprint density at radius 1 is 1.32 bits per heavy atom. The van der Waals surface area contributed by atoms with E-state index in [-0.39, 0.29) is 24.5 Å². The first-order valence-corrected chi connectivity index (χ1v) is 6.15. The average molecular weight is 269 g/mol. The summed E-state index contributed by atoms with van der Waals surface area (Å²) >= 11 is 0. The predicted molar refractivity (Wildman–Crippen MR) is 69.3 cm³/mol. The van der Waals surface area contributed by atoms with Crippen LogP contribution >= 0.6 is 0 Å². The second-order valence-electron chi connectivity index (χ2n) is 3.84. The summed E-state index contributed by atoms with van der Waals surface area (Å²) in [5.41, 5.74) is -0.357. The van der Waals surface area contributed by atoms with Gasteiger partial charge in [-0.2, -0.15) is 0 Å². The van der Waals surface area contributed by atoms with Gasteiger partial charge in [0, 0.05) is 12.8 Å². The number of nitrogens with zero attached hydrogens (tertiary/aromatic N) is 1. The fraction of sp³-hybridized carbons (Fsp3) is 0.538. The van der Waals surface area contributed by atoms with Crippen LogP contribution in [0.4, 0.5) is 0 Å². The number of carbonyl (C=O) groups is 1. The molecular weight excluding hydrogens is 250 g/mol. The molecule has 0 aliphatic carbocycles. The zero-order chi connectivity index (χ0) is 14.1. The van der Waals surface area contributed by atoms with Crippen molar-refractivity contribution in [2.45, 2.75) is 19.9 Å². The van der Waals surface area contributed by atoms with Gasteiger partial charge in [-0.15, -0.1) is 0 Å². The first-order chi connectivity index (χ1) is 9.19. The topological polar surface area (TPSA) is 66.8 Å². The van der Waals surface area contributed by atoms with Gasteiger partial charge in [0.25, 0.3) is 5.56 Å². The molecule has 0 saturated carbocycles. The number of pyridine rings is 1. The van der Waals surface area contributed by atoms with E-state index in [1.807, 2.05) is 6.92 Å². The summed E-state index contributed by atoms with van der Waals surface area (Å²) < 4.78 is 16.3. The average Bonchev–Trinajstić information content (AvgIpc) is 2.41. The smallest absolute Gasteiger partial charge is 0.326 e. The van der Waals surface area contributed by atoms with Crippen LogP contribution in [-0.2, 0) is 20.8 Å². The van der Waals surface area contributed by atoms with Crippen molar-refractivity contribution in [2.24, 2.45) is 0 Å². The van der Waals surface area contributed by atoms with Gasteiger partial charge in [-0.1, -0.05) is 6.92 Å². The van der Waals surface area contributed by atoms with E-state index in [4.69, 9.17) is 14.2 Å². The molecule has 0 atom stereocenters. The lowest BCUT2D eigenvalue weighted by atomic mass is 10.4. The van der Waals surface area contributed by atoms with Gasteiger partial charge in [0.1, 0.15) is 13.2 Å². The minimum absolute atomic E-state index is 0.135. The zero-order valence-electron chi connectivity index (χ0n) is 11.3. The number of esters is 1. The molecule has 6 heteroatoms. The Morgan fingerprint density at radius 3 is 2.79 bits per heavy atom. The molecule has 0 amide bonds. The number of hydrogen-bond donors (Lipinski definition) is 0. The molecule has 1 aromatic rings. The monoisotopic (exact) mass is 269 g/mol. The highest BCUT2D eigenvalue weighted by Crippen LogP contribution is 2.00. The molecule has 0 unspecified atom stereocenters. The molecule has 0 radical (unpaired) electrons. The summed E-state index contributed by atoms with van der Waals surface area (Å²) in [4.78, 5) is 23.3. The molecule has 0 saturated heterocycles. The third kappa shape index (κ3) is 5.13. The molecule has 1 heterocycles. The second-order valence-corrected chi connectivity index (χ2v) is 3.84. The third-order valence-corrected chi connectivity index (χ3v) is 2.34. The van der Waals surface area contributed by atoms with Crippen LogP contribution in [0.1, 0.15) is 13.3 Å². The lowest BCUT2D eigenvalue weighted by Gasteiger charge is -2.08. The zero-order valence-corrected chi connectivity index (χ0v) is 11.3. The standard InChI is InChI=1S/C13H19NO5/c1-3-7-18-8-9-19-12(15)10-14-6-4-5-11(17-2)13(14)16/h4-6H,3,7-10H2,1-2H3. The number of hydrogen-bond acceptors (Lipinski definition) is 5. The maximum atomic E-state index is 11.8. The highest BCUT2D eigenvalue weighted by Gasteiger charge is 2.08. The van der Waals surface area contributed by atoms with Crippen molar-refractivity contribution in [3.8, 4) is 5.75 Å². The molecule has 1 rings (SSSR count). The van der Waals surface area contributed by atoms with Crippen LogP contribution in [0.15, 0.2) is 23.1 Å². The Kier molecular flexibility index (Phi) is 6.67. The van der Waals surface area contributed by atoms with Gasteiger partial charge in [-0.25, -0.2) is 0 Å². The molecule has 19 heavy (non-hydrogen) atoms. The number of rotatable bonds is 8. The van der Waals surface area contributed by atoms with Gasteiger partial charge in [0.05, 0.1) is 13.7 Å². The molecule has 0 aliphatic heterocycles. The van der Waals surface area contributed by atoms with Gasteiger partial charge in [0.2, 0.25) is 0 Å². The summed E-state index contributed by atoms with van der Waals surface area (Å²) in [6.07, 6.45) is 2.44. The van der Waals surface area contributed by atoms with E-state index in [1.54, 1.807) is 12.1 Å². The predicted octanol–water partition coefficient (Wildman–Crippen LogP) is 0.827. The minimum Gasteiger partial charge on any atom is -0.491 e. The lowest BCUT2D eigenvalue weighted by molar-refractivity contribution is -0.146. The highest BCUT2D eigenvalue weighted by molar-refractivity contribution is 5.69. The summed E-state index contributed by atoms with van der Waals surface area (Å²) in [6, 6.07) is 3.18. The maximum Gasteiger partial charge on any atom is 0.326 e. The molecule has 106 valence electrons. The summed E-state index contributed by atoms with van der Waals surface area (Å²) in [5.74, 6) is -0.281. The van der Waals surface area contributed by atoms with Gasteiger partial charge in [0.15, 0.2) is 5.75 Å². The Bertz CT molecular complexity index is 455. The molecule has 0 aliphatic rings. The van der Waals surface area contributed by atoms with Gasteiger partial charge >= 0.3 is 5.97 Å². The van der Waals surface area contributed by atoms with E-state index < -0.39 is 5.97 Å². The quantitative estimate of drug-likeness (QED) is 0.516. The van der Waals surface area contributed by atoms with E-state index in [0.717, 1.165) is 6.42 Å². The molecule has 0 aromatic carbocycles. The minimum atomic E-state index is -0.476. The summed E-state index contributed by atoms with van der Waals surface area (Å²) in [7, 11) is 1.41. The molecule has 0 fully saturated rings.